The Kier molecular flexibility index (Phi) is 4.91. The van der Waals surface area contributed by atoms with Crippen LogP contribution < -0.4 is 5.73 Å². The molecular formula is C13H20N2. The highest BCUT2D eigenvalue weighted by Gasteiger charge is 2.00. The second kappa shape index (κ2) is 6.25. The fourth-order valence-electron chi connectivity index (χ4n) is 1.60. The number of nitrogens with two attached hydrogens (primary N) is 1. The molecule has 2 heteroatoms. The summed E-state index contributed by atoms with van der Waals surface area (Å²) in [6, 6.07) is 8.10. The molecule has 2 N–H and O–H groups in total. The van der Waals surface area contributed by atoms with Gasteiger partial charge in [0, 0.05) is 18.8 Å². The van der Waals surface area contributed by atoms with Gasteiger partial charge in [-0.1, -0.05) is 25.1 Å². The van der Waals surface area contributed by atoms with E-state index in [0.29, 0.717) is 0 Å². The Morgan fingerprint density at radius 2 is 2.27 bits per heavy atom. The van der Waals surface area contributed by atoms with Crippen molar-refractivity contribution in [3.8, 4) is 0 Å². The van der Waals surface area contributed by atoms with Crippen LogP contribution in [0.15, 0.2) is 36.9 Å². The van der Waals surface area contributed by atoms with E-state index in [2.05, 4.69) is 24.5 Å². The maximum Gasteiger partial charge on any atom is 0.0316 e. The Labute approximate surface area is 92.4 Å². The number of anilines is 1. The summed E-state index contributed by atoms with van der Waals surface area (Å²) in [6.07, 6.45) is 3.00. The van der Waals surface area contributed by atoms with Crippen LogP contribution in [0, 0.1) is 0 Å². The molecule has 0 aliphatic heterocycles. The van der Waals surface area contributed by atoms with E-state index in [1.807, 2.05) is 24.3 Å². The van der Waals surface area contributed by atoms with E-state index in [0.717, 1.165) is 31.7 Å². The molecule has 1 aromatic rings. The lowest BCUT2D eigenvalue weighted by Gasteiger charge is -2.18. The van der Waals surface area contributed by atoms with E-state index >= 15 is 0 Å². The molecule has 0 aliphatic rings. The van der Waals surface area contributed by atoms with E-state index in [-0.39, 0.29) is 0 Å². The lowest BCUT2D eigenvalue weighted by atomic mass is 10.1. The third-order valence-electron chi connectivity index (χ3n) is 2.50. The molecule has 15 heavy (non-hydrogen) atoms. The van der Waals surface area contributed by atoms with Crippen LogP contribution in [0.2, 0.25) is 0 Å². The van der Waals surface area contributed by atoms with Gasteiger partial charge in [0.25, 0.3) is 0 Å². The third kappa shape index (κ3) is 4.17. The maximum atomic E-state index is 5.73. The molecule has 1 rings (SSSR count). The van der Waals surface area contributed by atoms with E-state index in [1.165, 1.54) is 5.56 Å². The molecule has 2 nitrogen and oxygen atoms in total. The Morgan fingerprint density at radius 1 is 1.47 bits per heavy atom. The molecule has 0 amide bonds. The van der Waals surface area contributed by atoms with Crippen molar-refractivity contribution in [1.29, 1.82) is 0 Å². The Balaban J connectivity index is 2.44. The quantitative estimate of drug-likeness (QED) is 0.569. The molecule has 0 bridgehead atoms. The lowest BCUT2D eigenvalue weighted by molar-refractivity contribution is 0.323. The minimum absolute atomic E-state index is 0.847. The van der Waals surface area contributed by atoms with Gasteiger partial charge in [-0.2, -0.15) is 0 Å². The standard InChI is InChI=1S/C13H20N2/c1-3-9-15(4-2)10-8-12-6-5-7-13(14)11-12/h3,5-7,11H,1,4,8-10,14H2,2H3. The Morgan fingerprint density at radius 3 is 2.87 bits per heavy atom. The first-order valence-electron chi connectivity index (χ1n) is 5.44. The summed E-state index contributed by atoms with van der Waals surface area (Å²) < 4.78 is 0. The maximum absolute atomic E-state index is 5.73. The van der Waals surface area contributed by atoms with Crippen LogP contribution in [0.3, 0.4) is 0 Å². The van der Waals surface area contributed by atoms with Gasteiger partial charge in [0.2, 0.25) is 0 Å². The van der Waals surface area contributed by atoms with Crippen LogP contribution in [0.1, 0.15) is 12.5 Å². The first kappa shape index (κ1) is 11.8. The summed E-state index contributed by atoms with van der Waals surface area (Å²) in [5.41, 5.74) is 7.88. The van der Waals surface area contributed by atoms with Gasteiger partial charge < -0.3 is 5.73 Å². The number of benzene rings is 1. The fraction of sp³-hybridized carbons (Fsp3) is 0.385. The minimum Gasteiger partial charge on any atom is -0.399 e. The van der Waals surface area contributed by atoms with Gasteiger partial charge in [-0.05, 0) is 30.7 Å². The molecular weight excluding hydrogens is 184 g/mol. The molecule has 0 spiro atoms. The summed E-state index contributed by atoms with van der Waals surface area (Å²) in [5, 5.41) is 0. The smallest absolute Gasteiger partial charge is 0.0316 e. The average molecular weight is 204 g/mol. The third-order valence-corrected chi connectivity index (χ3v) is 2.50. The minimum atomic E-state index is 0.847. The monoisotopic (exact) mass is 204 g/mol. The molecule has 0 heterocycles. The summed E-state index contributed by atoms with van der Waals surface area (Å²) in [5.74, 6) is 0. The van der Waals surface area contributed by atoms with Crippen LogP contribution in [0.25, 0.3) is 0 Å². The summed E-state index contributed by atoms with van der Waals surface area (Å²) in [6.45, 7) is 9.01. The molecule has 0 radical (unpaired) electrons. The van der Waals surface area contributed by atoms with Crippen molar-refractivity contribution < 1.29 is 0 Å². The first-order chi connectivity index (χ1) is 7.26. The average Bonchev–Trinajstić information content (AvgIpc) is 2.24. The van der Waals surface area contributed by atoms with Gasteiger partial charge in [0.1, 0.15) is 0 Å². The van der Waals surface area contributed by atoms with Crippen LogP contribution >= 0.6 is 0 Å². The SMILES string of the molecule is C=CCN(CC)CCc1cccc(N)c1. The molecule has 82 valence electrons. The summed E-state index contributed by atoms with van der Waals surface area (Å²) in [7, 11) is 0. The molecule has 0 saturated carbocycles. The van der Waals surface area contributed by atoms with Crippen LogP contribution in [0.5, 0.6) is 0 Å². The van der Waals surface area contributed by atoms with Crippen LogP contribution in [0.4, 0.5) is 5.69 Å². The summed E-state index contributed by atoms with van der Waals surface area (Å²) in [4.78, 5) is 2.36. The number of hydrogen-bond acceptors (Lipinski definition) is 2. The molecule has 0 aromatic heterocycles. The second-order valence-electron chi connectivity index (χ2n) is 3.68. The van der Waals surface area contributed by atoms with Crippen molar-refractivity contribution in [1.82, 2.24) is 4.90 Å². The normalized spacial score (nSPS) is 10.5. The van der Waals surface area contributed by atoms with E-state index in [1.54, 1.807) is 0 Å². The number of likely N-dealkylation sites (N-methyl/N-ethyl adjacent to an activating group) is 1. The van der Waals surface area contributed by atoms with Crippen LogP contribution in [-0.4, -0.2) is 24.5 Å². The molecule has 0 saturated heterocycles. The molecule has 0 unspecified atom stereocenters. The van der Waals surface area contributed by atoms with Crippen molar-refractivity contribution in [2.75, 3.05) is 25.4 Å². The topological polar surface area (TPSA) is 29.3 Å². The Hall–Kier alpha value is -1.28. The highest BCUT2D eigenvalue weighted by Crippen LogP contribution is 2.07. The number of rotatable bonds is 6. The van der Waals surface area contributed by atoms with Crippen molar-refractivity contribution in [3.63, 3.8) is 0 Å². The van der Waals surface area contributed by atoms with Gasteiger partial charge in [0.15, 0.2) is 0 Å². The largest absolute Gasteiger partial charge is 0.399 e. The van der Waals surface area contributed by atoms with E-state index in [4.69, 9.17) is 5.73 Å². The zero-order valence-electron chi connectivity index (χ0n) is 9.45. The van der Waals surface area contributed by atoms with Gasteiger partial charge in [-0.3, -0.25) is 4.90 Å². The van der Waals surface area contributed by atoms with E-state index < -0.39 is 0 Å². The van der Waals surface area contributed by atoms with E-state index in [9.17, 15) is 0 Å². The highest BCUT2D eigenvalue weighted by molar-refractivity contribution is 5.40. The van der Waals surface area contributed by atoms with Crippen molar-refractivity contribution in [2.24, 2.45) is 0 Å². The Bertz CT molecular complexity index is 307. The van der Waals surface area contributed by atoms with Crippen molar-refractivity contribution >= 4 is 5.69 Å². The highest BCUT2D eigenvalue weighted by atomic mass is 15.1. The second-order valence-corrected chi connectivity index (χ2v) is 3.68. The van der Waals surface area contributed by atoms with Gasteiger partial charge in [-0.15, -0.1) is 6.58 Å². The lowest BCUT2D eigenvalue weighted by Crippen LogP contribution is -2.25. The number of hydrogen-bond donors (Lipinski definition) is 1. The molecule has 0 atom stereocenters. The zero-order chi connectivity index (χ0) is 11.1. The molecule has 0 aliphatic carbocycles. The van der Waals surface area contributed by atoms with Crippen molar-refractivity contribution in [3.05, 3.63) is 42.5 Å². The predicted molar refractivity (Wildman–Crippen MR) is 66.9 cm³/mol. The van der Waals surface area contributed by atoms with Gasteiger partial charge in [-0.25, -0.2) is 0 Å². The van der Waals surface area contributed by atoms with Crippen LogP contribution in [-0.2, 0) is 6.42 Å². The number of nitrogen functional groups attached to an aromatic ring is 1. The number of nitrogens with zero attached hydrogens (tertiary/aromatic N) is 1. The zero-order valence-corrected chi connectivity index (χ0v) is 9.45. The fourth-order valence-corrected chi connectivity index (χ4v) is 1.60. The molecule has 0 fully saturated rings. The van der Waals surface area contributed by atoms with Crippen molar-refractivity contribution in [2.45, 2.75) is 13.3 Å². The first-order valence-corrected chi connectivity index (χ1v) is 5.44. The molecule has 1 aromatic carbocycles. The van der Waals surface area contributed by atoms with Gasteiger partial charge in [0.05, 0.1) is 0 Å². The summed E-state index contributed by atoms with van der Waals surface area (Å²) >= 11 is 0. The van der Waals surface area contributed by atoms with Gasteiger partial charge >= 0.3 is 0 Å². The predicted octanol–water partition coefficient (Wildman–Crippen LogP) is 2.32.